The van der Waals surface area contributed by atoms with Crippen molar-refractivity contribution in [3.63, 3.8) is 0 Å². The highest BCUT2D eigenvalue weighted by molar-refractivity contribution is 6.46. The molecule has 1 fully saturated rings. The Morgan fingerprint density at radius 2 is 1.81 bits per heavy atom. The van der Waals surface area contributed by atoms with E-state index in [4.69, 9.17) is 9.15 Å². The third-order valence-electron chi connectivity index (χ3n) is 5.87. The molecule has 0 saturated carbocycles. The van der Waals surface area contributed by atoms with E-state index >= 15 is 0 Å². The second kappa shape index (κ2) is 10.2. The zero-order valence-electron chi connectivity index (χ0n) is 20.5. The molecule has 0 bridgehead atoms. The Balaban J connectivity index is 1.78. The summed E-state index contributed by atoms with van der Waals surface area (Å²) >= 11 is 0. The van der Waals surface area contributed by atoms with E-state index in [1.54, 1.807) is 43.3 Å². The molecule has 4 rings (SSSR count). The van der Waals surface area contributed by atoms with Crippen LogP contribution in [0.25, 0.3) is 5.76 Å². The highest BCUT2D eigenvalue weighted by Gasteiger charge is 2.47. The summed E-state index contributed by atoms with van der Waals surface area (Å²) in [5, 5.41) is 11.2. The number of hydrogen-bond donors (Lipinski definition) is 1. The second-order valence-electron chi connectivity index (χ2n) is 9.31. The molecule has 1 aromatic heterocycles. The van der Waals surface area contributed by atoms with Crippen LogP contribution in [0.4, 0.5) is 13.2 Å². The monoisotopic (exact) mass is 513 g/mol. The van der Waals surface area contributed by atoms with E-state index in [2.05, 4.69) is 0 Å². The third kappa shape index (κ3) is 5.55. The van der Waals surface area contributed by atoms with Crippen LogP contribution >= 0.6 is 0 Å². The number of benzene rings is 2. The molecule has 1 unspecified atom stereocenters. The van der Waals surface area contributed by atoms with E-state index in [0.717, 1.165) is 17.0 Å². The lowest BCUT2D eigenvalue weighted by Crippen LogP contribution is -2.29. The quantitative estimate of drug-likeness (QED) is 0.229. The Morgan fingerprint density at radius 3 is 2.46 bits per heavy atom. The number of furan rings is 1. The maximum absolute atomic E-state index is 13.3. The van der Waals surface area contributed by atoms with Crippen molar-refractivity contribution in [2.24, 2.45) is 5.92 Å². The number of hydrogen-bond acceptors (Lipinski definition) is 5. The van der Waals surface area contributed by atoms with Crippen LogP contribution in [0.15, 0.2) is 70.7 Å². The molecule has 37 heavy (non-hydrogen) atoms. The van der Waals surface area contributed by atoms with Gasteiger partial charge in [-0.2, -0.15) is 13.2 Å². The first-order valence-corrected chi connectivity index (χ1v) is 11.7. The smallest absolute Gasteiger partial charge is 0.416 e. The normalized spacial score (nSPS) is 17.6. The van der Waals surface area contributed by atoms with Crippen LogP contribution in [0.1, 0.15) is 48.1 Å². The number of aryl methyl sites for hydroxylation is 1. The fourth-order valence-electron chi connectivity index (χ4n) is 4.13. The van der Waals surface area contributed by atoms with E-state index < -0.39 is 35.2 Å². The van der Waals surface area contributed by atoms with Crippen molar-refractivity contribution < 1.29 is 37.0 Å². The fraction of sp³-hybridized carbons (Fsp3) is 0.286. The van der Waals surface area contributed by atoms with Crippen LogP contribution in [0.5, 0.6) is 5.75 Å². The zero-order valence-corrected chi connectivity index (χ0v) is 20.5. The topological polar surface area (TPSA) is 80.0 Å². The molecule has 194 valence electrons. The van der Waals surface area contributed by atoms with Crippen molar-refractivity contribution in [3.8, 4) is 5.75 Å². The standard InChI is InChI=1S/C28H26F3NO5/c1-16(2)15-36-21-9-5-7-19(13-21)25(33)23-24(22-11-10-17(3)37-22)32(27(35)26(23)34)14-18-6-4-8-20(12-18)28(29,30)31/h4-13,16,24,33H,14-15H2,1-3H3/b25-23-. The van der Waals surface area contributed by atoms with Crippen LogP contribution in [0, 0.1) is 12.8 Å². The van der Waals surface area contributed by atoms with Gasteiger partial charge in [-0.15, -0.1) is 0 Å². The van der Waals surface area contributed by atoms with Gasteiger partial charge in [-0.05, 0) is 54.8 Å². The van der Waals surface area contributed by atoms with Crippen molar-refractivity contribution in [1.29, 1.82) is 0 Å². The van der Waals surface area contributed by atoms with Crippen LogP contribution in [-0.2, 0) is 22.3 Å². The molecule has 0 radical (unpaired) electrons. The lowest BCUT2D eigenvalue weighted by Gasteiger charge is -2.24. The molecule has 0 spiro atoms. The van der Waals surface area contributed by atoms with Crippen molar-refractivity contribution in [2.45, 2.75) is 39.5 Å². The van der Waals surface area contributed by atoms with Crippen molar-refractivity contribution in [3.05, 3.63) is 94.4 Å². The number of rotatable bonds is 7. The molecule has 1 aliphatic rings. The molecular formula is C28H26F3NO5. The molecule has 1 atom stereocenters. The number of likely N-dealkylation sites (tertiary alicyclic amines) is 1. The average Bonchev–Trinajstić information content (AvgIpc) is 3.38. The van der Waals surface area contributed by atoms with Gasteiger partial charge >= 0.3 is 6.18 Å². The molecule has 3 aromatic rings. The number of halogens is 3. The van der Waals surface area contributed by atoms with Crippen LogP contribution in [-0.4, -0.2) is 28.3 Å². The molecule has 2 heterocycles. The van der Waals surface area contributed by atoms with Gasteiger partial charge in [0.15, 0.2) is 0 Å². The summed E-state index contributed by atoms with van der Waals surface area (Å²) < 4.78 is 51.2. The van der Waals surface area contributed by atoms with E-state index in [-0.39, 0.29) is 34.9 Å². The number of carbonyl (C=O) groups is 2. The first-order chi connectivity index (χ1) is 17.5. The number of aliphatic hydroxyl groups excluding tert-OH is 1. The SMILES string of the molecule is Cc1ccc(C2/C(=C(/O)c3cccc(OCC(C)C)c3)C(=O)C(=O)N2Cc2cccc(C(F)(F)F)c2)o1. The predicted molar refractivity (Wildman–Crippen MR) is 130 cm³/mol. The molecular weight excluding hydrogens is 487 g/mol. The number of carbonyl (C=O) groups excluding carboxylic acids is 2. The van der Waals surface area contributed by atoms with Gasteiger partial charge in [0.1, 0.15) is 29.1 Å². The number of alkyl halides is 3. The third-order valence-corrected chi connectivity index (χ3v) is 5.87. The Labute approximate surface area is 212 Å². The molecule has 1 N–H and O–H groups in total. The van der Waals surface area contributed by atoms with Gasteiger partial charge in [0.2, 0.25) is 0 Å². The summed E-state index contributed by atoms with van der Waals surface area (Å²) in [4.78, 5) is 27.4. The van der Waals surface area contributed by atoms with Crippen molar-refractivity contribution >= 4 is 17.4 Å². The lowest BCUT2D eigenvalue weighted by molar-refractivity contribution is -0.140. The maximum atomic E-state index is 13.3. The van der Waals surface area contributed by atoms with E-state index in [9.17, 15) is 27.9 Å². The Bertz CT molecular complexity index is 1360. The summed E-state index contributed by atoms with van der Waals surface area (Å²) in [7, 11) is 0. The molecule has 6 nitrogen and oxygen atoms in total. The zero-order chi connectivity index (χ0) is 26.9. The number of nitrogens with zero attached hydrogens (tertiary/aromatic N) is 1. The molecule has 2 aromatic carbocycles. The molecule has 1 aliphatic heterocycles. The van der Waals surface area contributed by atoms with Crippen LogP contribution < -0.4 is 4.74 Å². The van der Waals surface area contributed by atoms with Crippen molar-refractivity contribution in [2.75, 3.05) is 6.61 Å². The maximum Gasteiger partial charge on any atom is 0.416 e. The number of ketones is 1. The Hall–Kier alpha value is -4.01. The van der Waals surface area contributed by atoms with E-state index in [1.807, 2.05) is 13.8 Å². The van der Waals surface area contributed by atoms with Gasteiger partial charge in [-0.1, -0.05) is 38.1 Å². The summed E-state index contributed by atoms with van der Waals surface area (Å²) in [5.41, 5.74) is -0.654. The summed E-state index contributed by atoms with van der Waals surface area (Å²) in [6.07, 6.45) is -4.57. The Morgan fingerprint density at radius 1 is 1.08 bits per heavy atom. The van der Waals surface area contributed by atoms with E-state index in [0.29, 0.717) is 18.1 Å². The van der Waals surface area contributed by atoms with Gasteiger partial charge in [-0.3, -0.25) is 9.59 Å². The van der Waals surface area contributed by atoms with Gasteiger partial charge in [0, 0.05) is 12.1 Å². The molecule has 0 aliphatic carbocycles. The fourth-order valence-corrected chi connectivity index (χ4v) is 4.13. The minimum absolute atomic E-state index is 0.175. The summed E-state index contributed by atoms with van der Waals surface area (Å²) in [6.45, 7) is 5.80. The van der Waals surface area contributed by atoms with Crippen LogP contribution in [0.2, 0.25) is 0 Å². The average molecular weight is 514 g/mol. The summed E-state index contributed by atoms with van der Waals surface area (Å²) in [5.74, 6) is -0.899. The first-order valence-electron chi connectivity index (χ1n) is 11.7. The second-order valence-corrected chi connectivity index (χ2v) is 9.31. The highest BCUT2D eigenvalue weighted by Crippen LogP contribution is 2.41. The molecule has 1 amide bonds. The van der Waals surface area contributed by atoms with Gasteiger partial charge in [0.05, 0.1) is 17.7 Å². The lowest BCUT2D eigenvalue weighted by atomic mass is 9.99. The number of Topliss-reactive ketones (excluding diaryl/α,β-unsaturated/α-hetero) is 1. The van der Waals surface area contributed by atoms with Crippen molar-refractivity contribution in [1.82, 2.24) is 4.90 Å². The first kappa shape index (κ1) is 26.1. The molecule has 9 heteroatoms. The number of ether oxygens (including phenoxy) is 1. The predicted octanol–water partition coefficient (Wildman–Crippen LogP) is 6.26. The minimum Gasteiger partial charge on any atom is -0.507 e. The Kier molecular flexibility index (Phi) is 7.16. The number of amides is 1. The molecule has 1 saturated heterocycles. The van der Waals surface area contributed by atoms with E-state index in [1.165, 1.54) is 12.1 Å². The number of aliphatic hydroxyl groups is 1. The summed E-state index contributed by atoms with van der Waals surface area (Å²) in [6, 6.07) is 13.1. The largest absolute Gasteiger partial charge is 0.507 e. The minimum atomic E-state index is -4.57. The highest BCUT2D eigenvalue weighted by atomic mass is 19.4. The van der Waals surface area contributed by atoms with Gasteiger partial charge in [0.25, 0.3) is 11.7 Å². The van der Waals surface area contributed by atoms with Crippen LogP contribution in [0.3, 0.4) is 0 Å². The van der Waals surface area contributed by atoms with Gasteiger partial charge < -0.3 is 19.2 Å². The van der Waals surface area contributed by atoms with Gasteiger partial charge in [-0.25, -0.2) is 0 Å².